The van der Waals surface area contributed by atoms with E-state index in [-0.39, 0.29) is 5.95 Å². The van der Waals surface area contributed by atoms with Crippen molar-refractivity contribution in [3.8, 4) is 11.5 Å². The van der Waals surface area contributed by atoms with Gasteiger partial charge in [-0.2, -0.15) is 5.10 Å². The molecule has 0 bridgehead atoms. The summed E-state index contributed by atoms with van der Waals surface area (Å²) in [7, 11) is 3.10. The molecule has 2 N–H and O–H groups in total. The molecule has 0 atom stereocenters. The third-order valence-corrected chi connectivity index (χ3v) is 3.54. The second kappa shape index (κ2) is 6.91. The fourth-order valence-corrected chi connectivity index (χ4v) is 2.29. The van der Waals surface area contributed by atoms with Crippen molar-refractivity contribution in [1.82, 2.24) is 9.71 Å². The third kappa shape index (κ3) is 3.23. The predicted molar refractivity (Wildman–Crippen MR) is 94.0 cm³/mol. The number of nitrogens with zero attached hydrogens (tertiary/aromatic N) is 3. The minimum Gasteiger partial charge on any atom is -0.493 e. The Balaban J connectivity index is 1.86. The summed E-state index contributed by atoms with van der Waals surface area (Å²) in [6, 6.07) is 12.0. The highest BCUT2D eigenvalue weighted by atomic mass is 16.5. The van der Waals surface area contributed by atoms with E-state index in [2.05, 4.69) is 15.5 Å². The highest BCUT2D eigenvalue weighted by molar-refractivity contribution is 5.82. The van der Waals surface area contributed by atoms with Gasteiger partial charge in [-0.05, 0) is 35.9 Å². The minimum absolute atomic E-state index is 0.0829. The van der Waals surface area contributed by atoms with E-state index in [4.69, 9.17) is 9.47 Å². The molecule has 8 nitrogen and oxygen atoms in total. The molecule has 0 spiro atoms. The molecule has 3 aromatic rings. The molecule has 0 saturated carbocycles. The Morgan fingerprint density at radius 3 is 2.68 bits per heavy atom. The fraction of sp³-hybridized carbons (Fsp3) is 0.118. The lowest BCUT2D eigenvalue weighted by Gasteiger charge is -2.08. The van der Waals surface area contributed by atoms with Crippen molar-refractivity contribution in [3.05, 3.63) is 58.4 Å². The van der Waals surface area contributed by atoms with Crippen LogP contribution >= 0.6 is 0 Å². The summed E-state index contributed by atoms with van der Waals surface area (Å²) in [5.74, 6) is 1.09. The van der Waals surface area contributed by atoms with Crippen molar-refractivity contribution in [2.45, 2.75) is 0 Å². The Labute approximate surface area is 142 Å². The summed E-state index contributed by atoms with van der Waals surface area (Å²) >= 11 is 0. The SMILES string of the molecule is COc1ccc(/C=N\Nc2nc3ccccc3c(=O)n2O)cc1OC. The van der Waals surface area contributed by atoms with E-state index in [1.807, 2.05) is 0 Å². The van der Waals surface area contributed by atoms with E-state index in [1.54, 1.807) is 56.7 Å². The van der Waals surface area contributed by atoms with Crippen molar-refractivity contribution in [3.63, 3.8) is 0 Å². The van der Waals surface area contributed by atoms with Crippen LogP contribution in [0, 0.1) is 0 Å². The Morgan fingerprint density at radius 1 is 1.16 bits per heavy atom. The smallest absolute Gasteiger partial charge is 0.295 e. The number of benzene rings is 2. The molecular weight excluding hydrogens is 324 g/mol. The summed E-state index contributed by atoms with van der Waals surface area (Å²) in [6.45, 7) is 0. The van der Waals surface area contributed by atoms with Crippen LogP contribution in [-0.2, 0) is 0 Å². The van der Waals surface area contributed by atoms with Crippen LogP contribution in [0.15, 0.2) is 52.4 Å². The number of hydrogen-bond acceptors (Lipinski definition) is 7. The van der Waals surface area contributed by atoms with E-state index >= 15 is 0 Å². The zero-order chi connectivity index (χ0) is 17.8. The Hall–Kier alpha value is -3.55. The number of hydrogen-bond donors (Lipinski definition) is 2. The van der Waals surface area contributed by atoms with Crippen LogP contribution < -0.4 is 20.5 Å². The lowest BCUT2D eigenvalue weighted by atomic mass is 10.2. The van der Waals surface area contributed by atoms with E-state index in [9.17, 15) is 10.0 Å². The summed E-state index contributed by atoms with van der Waals surface area (Å²) < 4.78 is 10.8. The molecule has 128 valence electrons. The number of aromatic nitrogens is 2. The second-order valence-corrected chi connectivity index (χ2v) is 5.05. The molecule has 1 heterocycles. The van der Waals surface area contributed by atoms with Crippen molar-refractivity contribution >= 4 is 23.1 Å². The van der Waals surface area contributed by atoms with Crippen molar-refractivity contribution < 1.29 is 14.7 Å². The first-order valence-electron chi connectivity index (χ1n) is 7.36. The lowest BCUT2D eigenvalue weighted by molar-refractivity contribution is 0.179. The van der Waals surface area contributed by atoms with Gasteiger partial charge in [0.25, 0.3) is 11.5 Å². The van der Waals surface area contributed by atoms with Gasteiger partial charge in [-0.15, -0.1) is 4.73 Å². The molecule has 0 aliphatic rings. The molecule has 0 radical (unpaired) electrons. The van der Waals surface area contributed by atoms with Crippen LogP contribution in [0.25, 0.3) is 10.9 Å². The molecule has 0 aliphatic carbocycles. The average Bonchev–Trinajstić information content (AvgIpc) is 2.65. The molecule has 0 unspecified atom stereocenters. The van der Waals surface area contributed by atoms with Gasteiger partial charge in [0.05, 0.1) is 31.3 Å². The van der Waals surface area contributed by atoms with Crippen LogP contribution in [0.4, 0.5) is 5.95 Å². The monoisotopic (exact) mass is 340 g/mol. The van der Waals surface area contributed by atoms with Gasteiger partial charge in [0.15, 0.2) is 11.5 Å². The predicted octanol–water partition coefficient (Wildman–Crippen LogP) is 2.10. The zero-order valence-corrected chi connectivity index (χ0v) is 13.6. The van der Waals surface area contributed by atoms with Crippen LogP contribution in [-0.4, -0.2) is 35.4 Å². The Bertz CT molecular complexity index is 998. The fourth-order valence-electron chi connectivity index (χ4n) is 2.29. The molecule has 0 aliphatic heterocycles. The standard InChI is InChI=1S/C17H16N4O4/c1-24-14-8-7-11(9-15(14)25-2)10-18-20-17-19-13-6-4-3-5-12(13)16(22)21(17)23/h3-10,23H,1-2H3,(H,19,20)/b18-10-. The molecular formula is C17H16N4O4. The first-order chi connectivity index (χ1) is 12.1. The highest BCUT2D eigenvalue weighted by Gasteiger charge is 2.09. The van der Waals surface area contributed by atoms with Gasteiger partial charge < -0.3 is 14.7 Å². The Morgan fingerprint density at radius 2 is 1.92 bits per heavy atom. The zero-order valence-electron chi connectivity index (χ0n) is 13.6. The number of methoxy groups -OCH3 is 2. The maximum absolute atomic E-state index is 12.1. The molecule has 2 aromatic carbocycles. The van der Waals surface area contributed by atoms with Crippen LogP contribution in [0.3, 0.4) is 0 Å². The summed E-state index contributed by atoms with van der Waals surface area (Å²) in [5, 5.41) is 14.2. The summed E-state index contributed by atoms with van der Waals surface area (Å²) in [6.07, 6.45) is 1.50. The average molecular weight is 340 g/mol. The minimum atomic E-state index is -0.575. The highest BCUT2D eigenvalue weighted by Crippen LogP contribution is 2.26. The third-order valence-electron chi connectivity index (χ3n) is 3.54. The van der Waals surface area contributed by atoms with E-state index < -0.39 is 5.56 Å². The molecule has 0 amide bonds. The van der Waals surface area contributed by atoms with E-state index in [0.29, 0.717) is 27.1 Å². The first-order valence-corrected chi connectivity index (χ1v) is 7.36. The van der Waals surface area contributed by atoms with Gasteiger partial charge in [0, 0.05) is 0 Å². The van der Waals surface area contributed by atoms with Gasteiger partial charge >= 0.3 is 0 Å². The van der Waals surface area contributed by atoms with Crippen LogP contribution in [0.1, 0.15) is 5.56 Å². The maximum Gasteiger partial charge on any atom is 0.295 e. The van der Waals surface area contributed by atoms with Gasteiger partial charge in [0.1, 0.15) is 0 Å². The largest absolute Gasteiger partial charge is 0.493 e. The van der Waals surface area contributed by atoms with Gasteiger partial charge in [-0.3, -0.25) is 4.79 Å². The normalized spacial score (nSPS) is 11.0. The molecule has 25 heavy (non-hydrogen) atoms. The number of rotatable bonds is 5. The maximum atomic E-state index is 12.1. The summed E-state index contributed by atoms with van der Waals surface area (Å²) in [4.78, 5) is 16.3. The number of fused-ring (bicyclic) bond motifs is 1. The number of nitrogens with one attached hydrogen (secondary N) is 1. The molecule has 0 fully saturated rings. The van der Waals surface area contributed by atoms with Gasteiger partial charge in [-0.25, -0.2) is 10.4 Å². The van der Waals surface area contributed by atoms with E-state index in [1.165, 1.54) is 6.21 Å². The molecule has 8 heteroatoms. The topological polar surface area (TPSA) is 98.0 Å². The van der Waals surface area contributed by atoms with Crippen molar-refractivity contribution in [2.75, 3.05) is 19.6 Å². The quantitative estimate of drug-likeness (QED) is 0.419. The van der Waals surface area contributed by atoms with E-state index in [0.717, 1.165) is 5.56 Å². The van der Waals surface area contributed by atoms with Crippen LogP contribution in [0.5, 0.6) is 11.5 Å². The van der Waals surface area contributed by atoms with Crippen molar-refractivity contribution in [2.24, 2.45) is 5.10 Å². The number of para-hydroxylation sites is 1. The molecule has 0 saturated heterocycles. The van der Waals surface area contributed by atoms with Crippen molar-refractivity contribution in [1.29, 1.82) is 0 Å². The van der Waals surface area contributed by atoms with Gasteiger partial charge in [-0.1, -0.05) is 12.1 Å². The molecule has 1 aromatic heterocycles. The Kier molecular flexibility index (Phi) is 4.51. The first kappa shape index (κ1) is 16.3. The second-order valence-electron chi connectivity index (χ2n) is 5.05. The summed E-state index contributed by atoms with van der Waals surface area (Å²) in [5.41, 5.74) is 3.18. The lowest BCUT2D eigenvalue weighted by Crippen LogP contribution is -2.22. The van der Waals surface area contributed by atoms with Crippen LogP contribution in [0.2, 0.25) is 0 Å². The molecule has 3 rings (SSSR count). The number of ether oxygens (including phenoxy) is 2. The number of anilines is 1. The number of hydrazone groups is 1. The van der Waals surface area contributed by atoms with Gasteiger partial charge in [0.2, 0.25) is 0 Å².